The van der Waals surface area contributed by atoms with Gasteiger partial charge in [-0.2, -0.15) is 5.10 Å². The maximum Gasteiger partial charge on any atom is 0.226 e. The predicted molar refractivity (Wildman–Crippen MR) is 96.1 cm³/mol. The van der Waals surface area contributed by atoms with Crippen molar-refractivity contribution in [3.05, 3.63) is 47.5 Å². The van der Waals surface area contributed by atoms with Crippen LogP contribution in [-0.4, -0.2) is 38.7 Å². The van der Waals surface area contributed by atoms with Crippen LogP contribution in [0.4, 0.5) is 0 Å². The van der Waals surface area contributed by atoms with Crippen molar-refractivity contribution in [3.63, 3.8) is 0 Å². The van der Waals surface area contributed by atoms with Gasteiger partial charge in [0.2, 0.25) is 5.91 Å². The highest BCUT2D eigenvalue weighted by Crippen LogP contribution is 2.48. The summed E-state index contributed by atoms with van der Waals surface area (Å²) in [5, 5.41) is 4.57. The summed E-state index contributed by atoms with van der Waals surface area (Å²) in [4.78, 5) is 19.0. The van der Waals surface area contributed by atoms with E-state index < -0.39 is 0 Å². The molecule has 5 nitrogen and oxygen atoms in total. The molecule has 4 rings (SSSR count). The number of hydrogen-bond acceptors (Lipinski definition) is 3. The molecule has 0 unspecified atom stereocenters. The molecule has 25 heavy (non-hydrogen) atoms. The summed E-state index contributed by atoms with van der Waals surface area (Å²) in [5.41, 5.74) is 3.52. The number of piperidine rings is 1. The van der Waals surface area contributed by atoms with E-state index >= 15 is 0 Å². The number of likely N-dealkylation sites (tertiary alicyclic amines) is 1. The van der Waals surface area contributed by atoms with Crippen molar-refractivity contribution in [3.8, 4) is 0 Å². The normalized spacial score (nSPS) is 23.7. The third-order valence-electron chi connectivity index (χ3n) is 5.68. The van der Waals surface area contributed by atoms with E-state index in [0.29, 0.717) is 17.7 Å². The highest BCUT2D eigenvalue weighted by atomic mass is 16.2. The average molecular weight is 338 g/mol. The Hall–Kier alpha value is -2.17. The molecule has 1 aliphatic heterocycles. The molecule has 2 aromatic heterocycles. The van der Waals surface area contributed by atoms with Crippen molar-refractivity contribution in [1.29, 1.82) is 0 Å². The number of carbonyl (C=O) groups is 1. The van der Waals surface area contributed by atoms with Gasteiger partial charge in [0.15, 0.2) is 0 Å². The van der Waals surface area contributed by atoms with Gasteiger partial charge in [-0.3, -0.25) is 14.5 Å². The molecule has 1 saturated heterocycles. The van der Waals surface area contributed by atoms with Gasteiger partial charge in [-0.15, -0.1) is 0 Å². The number of pyridine rings is 1. The minimum Gasteiger partial charge on any atom is -0.342 e. The topological polar surface area (TPSA) is 51.0 Å². The zero-order valence-electron chi connectivity index (χ0n) is 15.1. The summed E-state index contributed by atoms with van der Waals surface area (Å²) < 4.78 is 2.12. The second-order valence-electron chi connectivity index (χ2n) is 7.61. The first kappa shape index (κ1) is 16.3. The lowest BCUT2D eigenvalue weighted by Gasteiger charge is -2.32. The number of aryl methyl sites for hydroxylation is 2. The molecular weight excluding hydrogens is 312 g/mol. The van der Waals surface area contributed by atoms with Crippen LogP contribution in [0.5, 0.6) is 0 Å². The van der Waals surface area contributed by atoms with E-state index in [0.717, 1.165) is 44.6 Å². The van der Waals surface area contributed by atoms with Gasteiger partial charge >= 0.3 is 0 Å². The molecule has 0 spiro atoms. The highest BCUT2D eigenvalue weighted by molar-refractivity contribution is 5.83. The lowest BCUT2D eigenvalue weighted by Crippen LogP contribution is -2.40. The van der Waals surface area contributed by atoms with Gasteiger partial charge in [-0.05, 0) is 62.6 Å². The summed E-state index contributed by atoms with van der Waals surface area (Å²) in [7, 11) is 0. The zero-order chi connectivity index (χ0) is 17.4. The van der Waals surface area contributed by atoms with Gasteiger partial charge < -0.3 is 4.90 Å². The lowest BCUT2D eigenvalue weighted by molar-refractivity contribution is -0.134. The molecule has 1 amide bonds. The van der Waals surface area contributed by atoms with Crippen molar-refractivity contribution < 1.29 is 4.79 Å². The van der Waals surface area contributed by atoms with Crippen LogP contribution in [0.25, 0.3) is 0 Å². The molecule has 2 fully saturated rings. The van der Waals surface area contributed by atoms with Crippen LogP contribution in [0.1, 0.15) is 42.1 Å². The van der Waals surface area contributed by atoms with E-state index in [1.807, 2.05) is 19.2 Å². The molecule has 2 aliphatic rings. The molecule has 0 bridgehead atoms. The first-order valence-corrected chi connectivity index (χ1v) is 9.31. The van der Waals surface area contributed by atoms with E-state index in [4.69, 9.17) is 0 Å². The molecular formula is C20H26N4O. The van der Waals surface area contributed by atoms with Crippen LogP contribution in [0.15, 0.2) is 30.6 Å². The standard InChI is InChI=1S/C20H26N4O/c1-14-10-15(2)24(22-14)13-16-5-8-23(9-6-16)20(25)19-11-18(19)17-4-3-7-21-12-17/h3-4,7,10,12,16,18-19H,5-6,8-9,11,13H2,1-2H3/t18-,19+/m0/s1. The van der Waals surface area contributed by atoms with E-state index in [9.17, 15) is 4.79 Å². The largest absolute Gasteiger partial charge is 0.342 e. The van der Waals surface area contributed by atoms with Gasteiger partial charge in [0.1, 0.15) is 0 Å². The van der Waals surface area contributed by atoms with Crippen molar-refractivity contribution in [2.75, 3.05) is 13.1 Å². The van der Waals surface area contributed by atoms with Crippen LogP contribution in [0.3, 0.4) is 0 Å². The molecule has 5 heteroatoms. The molecule has 0 N–H and O–H groups in total. The quantitative estimate of drug-likeness (QED) is 0.861. The predicted octanol–water partition coefficient (Wildman–Crippen LogP) is 2.94. The molecule has 132 valence electrons. The van der Waals surface area contributed by atoms with Crippen LogP contribution in [-0.2, 0) is 11.3 Å². The summed E-state index contributed by atoms with van der Waals surface area (Å²) in [6, 6.07) is 6.18. The minimum atomic E-state index is 0.178. The van der Waals surface area contributed by atoms with Crippen molar-refractivity contribution in [2.45, 2.75) is 45.6 Å². The lowest BCUT2D eigenvalue weighted by atomic mass is 9.96. The highest BCUT2D eigenvalue weighted by Gasteiger charge is 2.46. The Morgan fingerprint density at radius 2 is 2.08 bits per heavy atom. The fraction of sp³-hybridized carbons (Fsp3) is 0.550. The Labute approximate surface area is 149 Å². The fourth-order valence-electron chi connectivity index (χ4n) is 4.11. The van der Waals surface area contributed by atoms with Crippen molar-refractivity contribution in [2.24, 2.45) is 11.8 Å². The number of carbonyl (C=O) groups excluding carboxylic acids is 1. The van der Waals surface area contributed by atoms with Gasteiger partial charge in [0, 0.05) is 43.6 Å². The van der Waals surface area contributed by atoms with Gasteiger partial charge in [0.25, 0.3) is 0 Å². The fourth-order valence-corrected chi connectivity index (χ4v) is 4.11. The second kappa shape index (κ2) is 6.62. The Bertz CT molecular complexity index is 746. The van der Waals surface area contributed by atoms with Gasteiger partial charge in [-0.25, -0.2) is 0 Å². The smallest absolute Gasteiger partial charge is 0.226 e. The van der Waals surface area contributed by atoms with Crippen molar-refractivity contribution >= 4 is 5.91 Å². The molecule has 3 heterocycles. The van der Waals surface area contributed by atoms with Crippen molar-refractivity contribution in [1.82, 2.24) is 19.7 Å². The van der Waals surface area contributed by atoms with Crippen LogP contribution < -0.4 is 0 Å². The van der Waals surface area contributed by atoms with Gasteiger partial charge in [0.05, 0.1) is 5.69 Å². The molecule has 1 aliphatic carbocycles. The first-order valence-electron chi connectivity index (χ1n) is 9.31. The Balaban J connectivity index is 1.29. The summed E-state index contributed by atoms with van der Waals surface area (Å²) in [6.07, 6.45) is 6.83. The molecule has 0 radical (unpaired) electrons. The molecule has 1 saturated carbocycles. The summed E-state index contributed by atoms with van der Waals surface area (Å²) in [6.45, 7) is 6.91. The Morgan fingerprint density at radius 1 is 1.28 bits per heavy atom. The minimum absolute atomic E-state index is 0.178. The molecule has 2 atom stereocenters. The van der Waals surface area contributed by atoms with E-state index in [-0.39, 0.29) is 5.92 Å². The van der Waals surface area contributed by atoms with E-state index in [2.05, 4.69) is 38.7 Å². The Morgan fingerprint density at radius 3 is 2.72 bits per heavy atom. The van der Waals surface area contributed by atoms with E-state index in [1.165, 1.54) is 11.3 Å². The third-order valence-corrected chi connectivity index (χ3v) is 5.68. The van der Waals surface area contributed by atoms with E-state index in [1.54, 1.807) is 6.20 Å². The summed E-state index contributed by atoms with van der Waals surface area (Å²) in [5.74, 6) is 1.53. The maximum atomic E-state index is 12.8. The number of rotatable bonds is 4. The molecule has 0 aromatic carbocycles. The van der Waals surface area contributed by atoms with Crippen LogP contribution in [0.2, 0.25) is 0 Å². The first-order chi connectivity index (χ1) is 12.1. The second-order valence-corrected chi connectivity index (χ2v) is 7.61. The third kappa shape index (κ3) is 3.46. The summed E-state index contributed by atoms with van der Waals surface area (Å²) >= 11 is 0. The SMILES string of the molecule is Cc1cc(C)n(CC2CCN(C(=O)[C@@H]3C[C@H]3c3cccnc3)CC2)n1. The number of aromatic nitrogens is 3. The number of hydrogen-bond donors (Lipinski definition) is 0. The number of amides is 1. The van der Waals surface area contributed by atoms with Gasteiger partial charge in [-0.1, -0.05) is 6.07 Å². The van der Waals surface area contributed by atoms with Crippen LogP contribution in [0, 0.1) is 25.7 Å². The maximum absolute atomic E-state index is 12.8. The van der Waals surface area contributed by atoms with Crippen LogP contribution >= 0.6 is 0 Å². The number of nitrogens with zero attached hydrogens (tertiary/aromatic N) is 4. The molecule has 2 aromatic rings. The Kier molecular flexibility index (Phi) is 4.32. The average Bonchev–Trinajstić information content (AvgIpc) is 3.36. The monoisotopic (exact) mass is 338 g/mol. The zero-order valence-corrected chi connectivity index (χ0v) is 15.1.